The van der Waals surface area contributed by atoms with E-state index in [9.17, 15) is 0 Å². The highest BCUT2D eigenvalue weighted by Gasteiger charge is 2.03. The van der Waals surface area contributed by atoms with Gasteiger partial charge in [-0.3, -0.25) is 0 Å². The minimum absolute atomic E-state index is 0.649. The zero-order valence-corrected chi connectivity index (χ0v) is 13.2. The molecule has 0 radical (unpaired) electrons. The van der Waals surface area contributed by atoms with Crippen LogP contribution in [-0.4, -0.2) is 27.3 Å². The highest BCUT2D eigenvalue weighted by molar-refractivity contribution is 5.49. The Morgan fingerprint density at radius 3 is 2.19 bits per heavy atom. The molecule has 0 N–H and O–H groups in total. The lowest BCUT2D eigenvalue weighted by atomic mass is 10.1. The van der Waals surface area contributed by atoms with Crippen LogP contribution in [0.2, 0.25) is 0 Å². The summed E-state index contributed by atoms with van der Waals surface area (Å²) in [6.07, 6.45) is 0. The molecule has 0 aromatic heterocycles. The Bertz CT molecular complexity index is 578. The van der Waals surface area contributed by atoms with Crippen LogP contribution >= 0.6 is 0 Å². The summed E-state index contributed by atoms with van der Waals surface area (Å²) >= 11 is 0. The lowest BCUT2D eigenvalue weighted by molar-refractivity contribution is 0.325. The van der Waals surface area contributed by atoms with Gasteiger partial charge in [0.2, 0.25) is 0 Å². The fourth-order valence-electron chi connectivity index (χ4n) is 2.06. The fraction of sp³-hybridized carbons (Fsp3) is 0.333. The number of likely N-dealkylation sites (N-methyl/N-ethyl adjacent to an activating group) is 1. The maximum Gasteiger partial charge on any atom is 0.119 e. The number of anilines is 1. The van der Waals surface area contributed by atoms with Crippen molar-refractivity contribution in [3.63, 3.8) is 0 Å². The number of rotatable bonds is 6. The Morgan fingerprint density at radius 2 is 1.57 bits per heavy atom. The molecule has 0 heterocycles. The van der Waals surface area contributed by atoms with Gasteiger partial charge in [-0.1, -0.05) is 6.07 Å². The standard InChI is InChI=1S/C18H23NO2/c1-14-5-6-16(13-15(14)2)19(3)11-12-21-18-9-7-17(20-4)8-10-18/h5-10,13H,11-12H2,1-4H3. The van der Waals surface area contributed by atoms with Crippen LogP contribution in [0, 0.1) is 13.8 Å². The van der Waals surface area contributed by atoms with Crippen LogP contribution in [0.4, 0.5) is 5.69 Å². The summed E-state index contributed by atoms with van der Waals surface area (Å²) in [5.74, 6) is 1.71. The predicted molar refractivity (Wildman–Crippen MR) is 87.7 cm³/mol. The van der Waals surface area contributed by atoms with Crippen molar-refractivity contribution in [2.24, 2.45) is 0 Å². The van der Waals surface area contributed by atoms with Crippen LogP contribution in [0.5, 0.6) is 11.5 Å². The normalized spacial score (nSPS) is 10.3. The van der Waals surface area contributed by atoms with Crippen LogP contribution in [0.3, 0.4) is 0 Å². The lowest BCUT2D eigenvalue weighted by Crippen LogP contribution is -2.23. The number of hydrogen-bond donors (Lipinski definition) is 0. The van der Waals surface area contributed by atoms with Gasteiger partial charge in [-0.2, -0.15) is 0 Å². The molecule has 0 saturated heterocycles. The largest absolute Gasteiger partial charge is 0.497 e. The van der Waals surface area contributed by atoms with Crippen LogP contribution in [0.25, 0.3) is 0 Å². The monoisotopic (exact) mass is 285 g/mol. The molecule has 0 fully saturated rings. The van der Waals surface area contributed by atoms with Crippen molar-refractivity contribution in [3.8, 4) is 11.5 Å². The van der Waals surface area contributed by atoms with Crippen molar-refractivity contribution < 1.29 is 9.47 Å². The van der Waals surface area contributed by atoms with E-state index in [0.717, 1.165) is 18.0 Å². The molecular weight excluding hydrogens is 262 g/mol. The quantitative estimate of drug-likeness (QED) is 0.805. The van der Waals surface area contributed by atoms with Crippen molar-refractivity contribution in [1.82, 2.24) is 0 Å². The summed E-state index contributed by atoms with van der Waals surface area (Å²) in [6.45, 7) is 5.76. The maximum atomic E-state index is 5.75. The first-order valence-corrected chi connectivity index (χ1v) is 7.15. The average Bonchev–Trinajstić information content (AvgIpc) is 2.50. The minimum atomic E-state index is 0.649. The van der Waals surface area contributed by atoms with Gasteiger partial charge in [0, 0.05) is 12.7 Å². The van der Waals surface area contributed by atoms with Crippen molar-refractivity contribution in [1.29, 1.82) is 0 Å². The Hall–Kier alpha value is -2.16. The number of nitrogens with zero attached hydrogens (tertiary/aromatic N) is 1. The number of methoxy groups -OCH3 is 1. The van der Waals surface area contributed by atoms with E-state index >= 15 is 0 Å². The van der Waals surface area contributed by atoms with Gasteiger partial charge in [0.15, 0.2) is 0 Å². The highest BCUT2D eigenvalue weighted by atomic mass is 16.5. The lowest BCUT2D eigenvalue weighted by Gasteiger charge is -2.20. The smallest absolute Gasteiger partial charge is 0.119 e. The van der Waals surface area contributed by atoms with E-state index < -0.39 is 0 Å². The molecule has 2 aromatic rings. The molecule has 0 amide bonds. The van der Waals surface area contributed by atoms with Crippen LogP contribution in [-0.2, 0) is 0 Å². The molecule has 112 valence electrons. The van der Waals surface area contributed by atoms with Gasteiger partial charge in [-0.05, 0) is 61.4 Å². The molecule has 0 atom stereocenters. The van der Waals surface area contributed by atoms with E-state index in [2.05, 4.69) is 44.0 Å². The third kappa shape index (κ3) is 4.15. The van der Waals surface area contributed by atoms with Crippen molar-refractivity contribution >= 4 is 5.69 Å². The second-order valence-corrected chi connectivity index (χ2v) is 5.21. The third-order valence-corrected chi connectivity index (χ3v) is 3.69. The Kier molecular flexibility index (Phi) is 5.09. The van der Waals surface area contributed by atoms with Crippen LogP contribution < -0.4 is 14.4 Å². The minimum Gasteiger partial charge on any atom is -0.497 e. The molecule has 21 heavy (non-hydrogen) atoms. The number of benzene rings is 2. The molecular formula is C18H23NO2. The first-order chi connectivity index (χ1) is 10.1. The number of aryl methyl sites for hydroxylation is 2. The predicted octanol–water partition coefficient (Wildman–Crippen LogP) is 3.83. The van der Waals surface area contributed by atoms with E-state index in [0.29, 0.717) is 6.61 Å². The molecule has 0 aliphatic carbocycles. The summed E-state index contributed by atoms with van der Waals surface area (Å²) in [7, 11) is 3.75. The van der Waals surface area contributed by atoms with Crippen molar-refractivity contribution in [3.05, 3.63) is 53.6 Å². The van der Waals surface area contributed by atoms with Gasteiger partial charge in [0.25, 0.3) is 0 Å². The molecule has 0 bridgehead atoms. The Balaban J connectivity index is 1.85. The van der Waals surface area contributed by atoms with Gasteiger partial charge < -0.3 is 14.4 Å². The Morgan fingerprint density at radius 1 is 0.905 bits per heavy atom. The molecule has 3 nitrogen and oxygen atoms in total. The van der Waals surface area contributed by atoms with Gasteiger partial charge in [0.1, 0.15) is 18.1 Å². The molecule has 0 aliphatic rings. The SMILES string of the molecule is COc1ccc(OCCN(C)c2ccc(C)c(C)c2)cc1. The first-order valence-electron chi connectivity index (χ1n) is 7.15. The summed E-state index contributed by atoms with van der Waals surface area (Å²) in [5.41, 5.74) is 3.86. The molecule has 0 saturated carbocycles. The van der Waals surface area contributed by atoms with Gasteiger partial charge >= 0.3 is 0 Å². The van der Waals surface area contributed by atoms with Crippen LogP contribution in [0.1, 0.15) is 11.1 Å². The van der Waals surface area contributed by atoms with E-state index in [1.807, 2.05) is 24.3 Å². The zero-order valence-electron chi connectivity index (χ0n) is 13.2. The summed E-state index contributed by atoms with van der Waals surface area (Å²) in [4.78, 5) is 2.20. The Labute approximate surface area is 127 Å². The van der Waals surface area contributed by atoms with Gasteiger partial charge in [-0.25, -0.2) is 0 Å². The van der Waals surface area contributed by atoms with E-state index in [4.69, 9.17) is 9.47 Å². The third-order valence-electron chi connectivity index (χ3n) is 3.69. The van der Waals surface area contributed by atoms with Gasteiger partial charge in [0.05, 0.1) is 13.7 Å². The second kappa shape index (κ2) is 7.02. The first kappa shape index (κ1) is 15.2. The molecule has 0 unspecified atom stereocenters. The van der Waals surface area contributed by atoms with Crippen LogP contribution in [0.15, 0.2) is 42.5 Å². The topological polar surface area (TPSA) is 21.7 Å². The summed E-state index contributed by atoms with van der Waals surface area (Å²) < 4.78 is 10.9. The highest BCUT2D eigenvalue weighted by Crippen LogP contribution is 2.19. The fourth-order valence-corrected chi connectivity index (χ4v) is 2.06. The number of hydrogen-bond acceptors (Lipinski definition) is 3. The molecule has 0 spiro atoms. The van der Waals surface area contributed by atoms with Crippen molar-refractivity contribution in [2.45, 2.75) is 13.8 Å². The molecule has 3 heteroatoms. The van der Waals surface area contributed by atoms with E-state index in [1.54, 1.807) is 7.11 Å². The average molecular weight is 285 g/mol. The van der Waals surface area contributed by atoms with E-state index in [1.165, 1.54) is 16.8 Å². The molecule has 2 rings (SSSR count). The molecule has 2 aromatic carbocycles. The maximum absolute atomic E-state index is 5.75. The summed E-state index contributed by atoms with van der Waals surface area (Å²) in [5, 5.41) is 0. The number of ether oxygens (including phenoxy) is 2. The van der Waals surface area contributed by atoms with Gasteiger partial charge in [-0.15, -0.1) is 0 Å². The van der Waals surface area contributed by atoms with E-state index in [-0.39, 0.29) is 0 Å². The second-order valence-electron chi connectivity index (χ2n) is 5.21. The zero-order chi connectivity index (χ0) is 15.2. The molecule has 0 aliphatic heterocycles. The van der Waals surface area contributed by atoms with Crippen molar-refractivity contribution in [2.75, 3.05) is 32.2 Å². The summed E-state index contributed by atoms with van der Waals surface area (Å²) in [6, 6.07) is 14.2.